The van der Waals surface area contributed by atoms with Gasteiger partial charge >= 0.3 is 0 Å². The first-order valence-corrected chi connectivity index (χ1v) is 7.79. The van der Waals surface area contributed by atoms with Gasteiger partial charge in [0.05, 0.1) is 10.6 Å². The van der Waals surface area contributed by atoms with Gasteiger partial charge in [0.25, 0.3) is 5.89 Å². The summed E-state index contributed by atoms with van der Waals surface area (Å²) in [7, 11) is 0. The summed E-state index contributed by atoms with van der Waals surface area (Å²) in [5, 5.41) is 4.98. The van der Waals surface area contributed by atoms with Crippen molar-refractivity contribution in [3.05, 3.63) is 16.3 Å². The summed E-state index contributed by atoms with van der Waals surface area (Å²) in [4.78, 5) is 6.00. The van der Waals surface area contributed by atoms with Crippen molar-refractivity contribution in [2.24, 2.45) is 5.92 Å². The molecule has 0 bridgehead atoms. The quantitative estimate of drug-likeness (QED) is 0.912. The predicted molar refractivity (Wildman–Crippen MR) is 75.2 cm³/mol. The molecular formula is C14H17N3OS. The van der Waals surface area contributed by atoms with Crippen molar-refractivity contribution in [3.8, 4) is 11.5 Å². The van der Waals surface area contributed by atoms with Crippen LogP contribution < -0.4 is 5.73 Å². The lowest BCUT2D eigenvalue weighted by Gasteiger charge is -2.10. The lowest BCUT2D eigenvalue weighted by Crippen LogP contribution is -1.99. The first-order chi connectivity index (χ1) is 9.24. The molecule has 0 aromatic carbocycles. The minimum Gasteiger partial charge on any atom is -0.390 e. The van der Waals surface area contributed by atoms with Crippen LogP contribution >= 0.6 is 11.3 Å². The highest BCUT2D eigenvalue weighted by Gasteiger charge is 2.38. The van der Waals surface area contributed by atoms with Crippen molar-refractivity contribution in [2.45, 2.75) is 44.9 Å². The number of hydrogen-bond donors (Lipinski definition) is 1. The number of aromatic nitrogens is 2. The molecule has 5 heteroatoms. The average Bonchev–Trinajstić information content (AvgIpc) is 2.85. The topological polar surface area (TPSA) is 64.9 Å². The molecule has 0 spiro atoms. The van der Waals surface area contributed by atoms with Crippen LogP contribution in [0.2, 0.25) is 0 Å². The third-order valence-corrected chi connectivity index (χ3v) is 5.42. The molecule has 2 aromatic heterocycles. The monoisotopic (exact) mass is 275 g/mol. The number of aryl methyl sites for hydroxylation is 1. The maximum absolute atomic E-state index is 6.17. The Morgan fingerprint density at radius 1 is 1.32 bits per heavy atom. The number of nitrogens with two attached hydrogens (primary N) is 1. The molecule has 0 amide bonds. The van der Waals surface area contributed by atoms with E-state index in [4.69, 9.17) is 10.3 Å². The summed E-state index contributed by atoms with van der Waals surface area (Å²) in [5.41, 5.74) is 8.55. The van der Waals surface area contributed by atoms with E-state index in [9.17, 15) is 0 Å². The number of nitrogens with zero attached hydrogens (tertiary/aromatic N) is 2. The molecule has 4 nitrogen and oxygen atoms in total. The summed E-state index contributed by atoms with van der Waals surface area (Å²) in [5.74, 6) is 2.68. The van der Waals surface area contributed by atoms with Crippen LogP contribution in [-0.2, 0) is 12.8 Å². The second-order valence-corrected chi connectivity index (χ2v) is 6.86. The minimum absolute atomic E-state index is 0.494. The largest absolute Gasteiger partial charge is 0.390 e. The highest BCUT2D eigenvalue weighted by atomic mass is 32.1. The Bertz CT molecular complexity index is 631. The fraction of sp³-hybridized carbons (Fsp3) is 0.571. The Morgan fingerprint density at radius 2 is 2.11 bits per heavy atom. The van der Waals surface area contributed by atoms with Gasteiger partial charge in [0.1, 0.15) is 0 Å². The van der Waals surface area contributed by atoms with Crippen molar-refractivity contribution in [2.75, 3.05) is 5.73 Å². The number of nitrogen functional groups attached to an aromatic ring is 1. The fourth-order valence-corrected chi connectivity index (χ4v) is 4.14. The van der Waals surface area contributed by atoms with Crippen LogP contribution in [0.15, 0.2) is 4.52 Å². The van der Waals surface area contributed by atoms with Crippen LogP contribution in [0.1, 0.15) is 48.4 Å². The van der Waals surface area contributed by atoms with Crippen molar-refractivity contribution in [1.82, 2.24) is 10.1 Å². The normalized spacial score (nSPS) is 25.3. The van der Waals surface area contributed by atoms with Crippen LogP contribution in [-0.4, -0.2) is 10.1 Å². The molecule has 2 unspecified atom stereocenters. The molecule has 1 fully saturated rings. The van der Waals surface area contributed by atoms with Gasteiger partial charge in [0.2, 0.25) is 0 Å². The van der Waals surface area contributed by atoms with Gasteiger partial charge in [-0.1, -0.05) is 12.1 Å². The van der Waals surface area contributed by atoms with Crippen molar-refractivity contribution in [3.63, 3.8) is 0 Å². The molecule has 2 heterocycles. The van der Waals surface area contributed by atoms with Gasteiger partial charge in [-0.25, -0.2) is 0 Å². The Kier molecular flexibility index (Phi) is 2.45. The van der Waals surface area contributed by atoms with Crippen LogP contribution in [0, 0.1) is 5.92 Å². The SMILES string of the molecule is CC1CC1c1noc(-c2c(N)sc3c2CCCC3)n1. The highest BCUT2D eigenvalue weighted by Crippen LogP contribution is 2.47. The highest BCUT2D eigenvalue weighted by molar-refractivity contribution is 7.16. The maximum atomic E-state index is 6.17. The van der Waals surface area contributed by atoms with E-state index in [0.29, 0.717) is 17.7 Å². The number of thiophene rings is 1. The summed E-state index contributed by atoms with van der Waals surface area (Å²) >= 11 is 1.70. The molecule has 2 aromatic rings. The zero-order valence-corrected chi connectivity index (χ0v) is 11.8. The predicted octanol–water partition coefficient (Wildman–Crippen LogP) is 3.38. The zero-order chi connectivity index (χ0) is 13.0. The van der Waals surface area contributed by atoms with E-state index in [1.807, 2.05) is 0 Å². The van der Waals surface area contributed by atoms with Gasteiger partial charge in [0, 0.05) is 10.8 Å². The third-order valence-electron chi connectivity index (χ3n) is 4.30. The molecule has 1 saturated carbocycles. The van der Waals surface area contributed by atoms with Gasteiger partial charge in [-0.15, -0.1) is 11.3 Å². The molecule has 100 valence electrons. The van der Waals surface area contributed by atoms with Crippen molar-refractivity contribution >= 4 is 16.3 Å². The van der Waals surface area contributed by atoms with E-state index >= 15 is 0 Å². The fourth-order valence-electron chi connectivity index (χ4n) is 2.99. The van der Waals surface area contributed by atoms with E-state index in [-0.39, 0.29) is 0 Å². The lowest BCUT2D eigenvalue weighted by molar-refractivity contribution is 0.421. The second kappa shape index (κ2) is 4.07. The van der Waals surface area contributed by atoms with Crippen LogP contribution in [0.4, 0.5) is 5.00 Å². The van der Waals surface area contributed by atoms with Crippen LogP contribution in [0.25, 0.3) is 11.5 Å². The molecule has 2 aliphatic rings. The van der Waals surface area contributed by atoms with E-state index in [0.717, 1.165) is 29.2 Å². The summed E-state index contributed by atoms with van der Waals surface area (Å²) in [6.07, 6.45) is 5.91. The van der Waals surface area contributed by atoms with E-state index < -0.39 is 0 Å². The smallest absolute Gasteiger partial charge is 0.261 e. The zero-order valence-electron chi connectivity index (χ0n) is 11.0. The summed E-state index contributed by atoms with van der Waals surface area (Å²) in [6.45, 7) is 2.22. The molecule has 2 aliphatic carbocycles. The van der Waals surface area contributed by atoms with Crippen LogP contribution in [0.5, 0.6) is 0 Å². The number of fused-ring (bicyclic) bond motifs is 1. The van der Waals surface area contributed by atoms with E-state index in [1.54, 1.807) is 11.3 Å². The number of hydrogen-bond acceptors (Lipinski definition) is 5. The first kappa shape index (κ1) is 11.5. The second-order valence-electron chi connectivity index (χ2n) is 5.73. The Balaban J connectivity index is 1.75. The first-order valence-electron chi connectivity index (χ1n) is 6.98. The Morgan fingerprint density at radius 3 is 2.89 bits per heavy atom. The van der Waals surface area contributed by atoms with E-state index in [2.05, 4.69) is 17.1 Å². The van der Waals surface area contributed by atoms with Gasteiger partial charge < -0.3 is 10.3 Å². The minimum atomic E-state index is 0.494. The van der Waals surface area contributed by atoms with Crippen molar-refractivity contribution in [1.29, 1.82) is 0 Å². The molecule has 4 rings (SSSR count). The standard InChI is InChI=1S/C14H17N3OS/c1-7-6-9(7)13-16-14(18-17-13)11-8-4-2-3-5-10(8)19-12(11)15/h7,9H,2-6,15H2,1H3. The molecule has 19 heavy (non-hydrogen) atoms. The van der Waals surface area contributed by atoms with Gasteiger partial charge in [-0.3, -0.25) is 0 Å². The molecule has 2 atom stereocenters. The Hall–Kier alpha value is -1.36. The Labute approximate surface area is 116 Å². The maximum Gasteiger partial charge on any atom is 0.261 e. The molecule has 2 N–H and O–H groups in total. The van der Waals surface area contributed by atoms with Crippen LogP contribution in [0.3, 0.4) is 0 Å². The van der Waals surface area contributed by atoms with Gasteiger partial charge in [-0.05, 0) is 43.6 Å². The van der Waals surface area contributed by atoms with Gasteiger partial charge in [-0.2, -0.15) is 4.98 Å². The molecule has 0 radical (unpaired) electrons. The number of anilines is 1. The third kappa shape index (κ3) is 1.79. The number of rotatable bonds is 2. The summed E-state index contributed by atoms with van der Waals surface area (Å²) < 4.78 is 5.47. The summed E-state index contributed by atoms with van der Waals surface area (Å²) in [6, 6.07) is 0. The molecule has 0 aliphatic heterocycles. The van der Waals surface area contributed by atoms with Gasteiger partial charge in [0.15, 0.2) is 5.82 Å². The molecule has 0 saturated heterocycles. The average molecular weight is 275 g/mol. The lowest BCUT2D eigenvalue weighted by atomic mass is 9.95. The van der Waals surface area contributed by atoms with Crippen molar-refractivity contribution < 1.29 is 4.52 Å². The molecular weight excluding hydrogens is 258 g/mol. The van der Waals surface area contributed by atoms with E-state index in [1.165, 1.54) is 29.7 Å².